The summed E-state index contributed by atoms with van der Waals surface area (Å²) < 4.78 is 1.93. The third-order valence-electron chi connectivity index (χ3n) is 3.97. The van der Waals surface area contributed by atoms with Crippen LogP contribution in [0.2, 0.25) is 0 Å². The zero-order valence-electron chi connectivity index (χ0n) is 12.0. The smallest absolute Gasteiger partial charge is 0.267 e. The largest absolute Gasteiger partial charge is 0.397 e. The number of nitrogen functional groups attached to an aromatic ring is 1. The van der Waals surface area contributed by atoms with Crippen LogP contribution < -0.4 is 11.1 Å². The third kappa shape index (κ3) is 3.52. The van der Waals surface area contributed by atoms with E-state index in [0.717, 1.165) is 18.9 Å². The molecule has 1 aromatic rings. The molecule has 0 bridgehead atoms. The lowest BCUT2D eigenvalue weighted by atomic mass is 10.0. The first-order valence-corrected chi connectivity index (χ1v) is 7.33. The number of nitrogens with two attached hydrogens (primary N) is 1. The van der Waals surface area contributed by atoms with Gasteiger partial charge in [-0.1, -0.05) is 25.7 Å². The van der Waals surface area contributed by atoms with Crippen molar-refractivity contribution in [3.63, 3.8) is 0 Å². The lowest BCUT2D eigenvalue weighted by Crippen LogP contribution is -2.28. The van der Waals surface area contributed by atoms with E-state index in [-0.39, 0.29) is 11.9 Å². The van der Waals surface area contributed by atoms with E-state index in [1.807, 2.05) is 10.8 Å². The Bertz CT molecular complexity index is 431. The number of carbonyl (C=O) groups is 1. The van der Waals surface area contributed by atoms with Crippen LogP contribution in [0.3, 0.4) is 0 Å². The van der Waals surface area contributed by atoms with Crippen molar-refractivity contribution >= 4 is 11.6 Å². The summed E-state index contributed by atoms with van der Waals surface area (Å²) in [6.45, 7) is 4.87. The van der Waals surface area contributed by atoms with Crippen LogP contribution in [0.25, 0.3) is 0 Å². The van der Waals surface area contributed by atoms with Crippen molar-refractivity contribution in [2.24, 2.45) is 5.92 Å². The van der Waals surface area contributed by atoms with Gasteiger partial charge in [-0.3, -0.25) is 4.79 Å². The van der Waals surface area contributed by atoms with Crippen molar-refractivity contribution in [3.05, 3.63) is 18.0 Å². The molecule has 0 unspecified atom stereocenters. The molecule has 0 radical (unpaired) electrons. The number of carbonyl (C=O) groups excluding carboxylic acids is 1. The lowest BCUT2D eigenvalue weighted by Gasteiger charge is -2.13. The number of amides is 1. The summed E-state index contributed by atoms with van der Waals surface area (Å²) in [6.07, 6.45) is 8.28. The molecule has 19 heavy (non-hydrogen) atoms. The molecule has 1 aliphatic rings. The van der Waals surface area contributed by atoms with Gasteiger partial charge in [0.15, 0.2) is 0 Å². The Labute approximate surface area is 115 Å². The topological polar surface area (TPSA) is 60.0 Å². The first kappa shape index (κ1) is 14.0. The molecule has 0 atom stereocenters. The summed E-state index contributed by atoms with van der Waals surface area (Å²) in [5.74, 6) is 0.797. The summed E-state index contributed by atoms with van der Waals surface area (Å²) in [6, 6.07) is 2.00. The van der Waals surface area contributed by atoms with E-state index in [4.69, 9.17) is 5.73 Å². The molecule has 106 valence electrons. The molecule has 1 saturated carbocycles. The Morgan fingerprint density at radius 2 is 2.16 bits per heavy atom. The SMILES string of the molecule is CC(C)n1cc(N)cc1C(=O)NCCC1CCCC1. The average molecular weight is 263 g/mol. The van der Waals surface area contributed by atoms with E-state index in [9.17, 15) is 4.79 Å². The highest BCUT2D eigenvalue weighted by atomic mass is 16.1. The average Bonchev–Trinajstić information content (AvgIpc) is 2.98. The summed E-state index contributed by atoms with van der Waals surface area (Å²) in [4.78, 5) is 12.2. The van der Waals surface area contributed by atoms with Gasteiger partial charge in [-0.25, -0.2) is 0 Å². The summed E-state index contributed by atoms with van der Waals surface area (Å²) in [5.41, 5.74) is 7.10. The molecule has 0 aliphatic heterocycles. The molecule has 4 nitrogen and oxygen atoms in total. The van der Waals surface area contributed by atoms with Crippen molar-refractivity contribution in [1.82, 2.24) is 9.88 Å². The molecular formula is C15H25N3O. The van der Waals surface area contributed by atoms with Gasteiger partial charge in [0, 0.05) is 18.8 Å². The van der Waals surface area contributed by atoms with Gasteiger partial charge >= 0.3 is 0 Å². The Balaban J connectivity index is 1.88. The number of nitrogens with zero attached hydrogens (tertiary/aromatic N) is 1. The zero-order valence-corrected chi connectivity index (χ0v) is 12.0. The molecule has 2 rings (SSSR count). The molecule has 0 spiro atoms. The first-order chi connectivity index (χ1) is 9.08. The monoisotopic (exact) mass is 263 g/mol. The number of rotatable bonds is 5. The maximum atomic E-state index is 12.2. The van der Waals surface area contributed by atoms with Gasteiger partial charge < -0.3 is 15.6 Å². The van der Waals surface area contributed by atoms with Crippen molar-refractivity contribution in [3.8, 4) is 0 Å². The van der Waals surface area contributed by atoms with Crippen LogP contribution in [0, 0.1) is 5.92 Å². The van der Waals surface area contributed by atoms with Crippen LogP contribution in [-0.2, 0) is 0 Å². The van der Waals surface area contributed by atoms with Gasteiger partial charge in [0.1, 0.15) is 5.69 Å². The minimum absolute atomic E-state index is 0.0107. The van der Waals surface area contributed by atoms with E-state index >= 15 is 0 Å². The molecule has 1 aliphatic carbocycles. The second-order valence-corrected chi connectivity index (χ2v) is 5.85. The summed E-state index contributed by atoms with van der Waals surface area (Å²) >= 11 is 0. The van der Waals surface area contributed by atoms with Crippen LogP contribution in [0.5, 0.6) is 0 Å². The summed E-state index contributed by atoms with van der Waals surface area (Å²) in [7, 11) is 0. The molecule has 1 amide bonds. The standard InChI is InChI=1S/C15H25N3O/c1-11(2)18-10-13(16)9-14(18)15(19)17-8-7-12-5-3-4-6-12/h9-12H,3-8,16H2,1-2H3,(H,17,19). The van der Waals surface area contributed by atoms with Crippen molar-refractivity contribution in [2.45, 2.75) is 52.0 Å². The normalized spacial score (nSPS) is 16.2. The molecule has 3 N–H and O–H groups in total. The van der Waals surface area contributed by atoms with Crippen LogP contribution in [0.15, 0.2) is 12.3 Å². The molecule has 1 aromatic heterocycles. The highest BCUT2D eigenvalue weighted by Gasteiger charge is 2.17. The van der Waals surface area contributed by atoms with E-state index < -0.39 is 0 Å². The van der Waals surface area contributed by atoms with Crippen LogP contribution >= 0.6 is 0 Å². The number of nitrogens with one attached hydrogen (secondary N) is 1. The summed E-state index contributed by atoms with van der Waals surface area (Å²) in [5, 5.41) is 3.02. The lowest BCUT2D eigenvalue weighted by molar-refractivity contribution is 0.0940. The van der Waals surface area contributed by atoms with Gasteiger partial charge in [0.25, 0.3) is 5.91 Å². The molecular weight excluding hydrogens is 238 g/mol. The number of aromatic nitrogens is 1. The third-order valence-corrected chi connectivity index (χ3v) is 3.97. The van der Waals surface area contributed by atoms with E-state index in [1.54, 1.807) is 6.07 Å². The Kier molecular flexibility index (Phi) is 4.51. The van der Waals surface area contributed by atoms with Crippen molar-refractivity contribution in [2.75, 3.05) is 12.3 Å². The van der Waals surface area contributed by atoms with E-state index in [0.29, 0.717) is 11.4 Å². The van der Waals surface area contributed by atoms with E-state index in [2.05, 4.69) is 19.2 Å². The first-order valence-electron chi connectivity index (χ1n) is 7.33. The highest BCUT2D eigenvalue weighted by molar-refractivity contribution is 5.93. The van der Waals surface area contributed by atoms with Crippen molar-refractivity contribution in [1.29, 1.82) is 0 Å². The van der Waals surface area contributed by atoms with Gasteiger partial charge in [0.05, 0.1) is 5.69 Å². The van der Waals surface area contributed by atoms with Gasteiger partial charge in [-0.2, -0.15) is 0 Å². The molecule has 0 aromatic carbocycles. The van der Waals surface area contributed by atoms with Crippen molar-refractivity contribution < 1.29 is 4.79 Å². The fourth-order valence-electron chi connectivity index (χ4n) is 2.89. The fourth-order valence-corrected chi connectivity index (χ4v) is 2.89. The molecule has 1 heterocycles. The second kappa shape index (κ2) is 6.13. The van der Waals surface area contributed by atoms with Gasteiger partial charge in [0.2, 0.25) is 0 Å². The second-order valence-electron chi connectivity index (χ2n) is 5.85. The zero-order chi connectivity index (χ0) is 13.8. The van der Waals surface area contributed by atoms with Gasteiger partial charge in [-0.05, 0) is 32.3 Å². The van der Waals surface area contributed by atoms with Crippen LogP contribution in [0.1, 0.15) is 62.5 Å². The number of hydrogen-bond acceptors (Lipinski definition) is 2. The number of hydrogen-bond donors (Lipinski definition) is 2. The van der Waals surface area contributed by atoms with Gasteiger partial charge in [-0.15, -0.1) is 0 Å². The van der Waals surface area contributed by atoms with Crippen LogP contribution in [0.4, 0.5) is 5.69 Å². The quantitative estimate of drug-likeness (QED) is 0.858. The van der Waals surface area contributed by atoms with Crippen LogP contribution in [-0.4, -0.2) is 17.0 Å². The predicted octanol–water partition coefficient (Wildman–Crippen LogP) is 2.96. The Hall–Kier alpha value is -1.45. The molecule has 1 fully saturated rings. The Morgan fingerprint density at radius 1 is 1.47 bits per heavy atom. The minimum atomic E-state index is -0.0107. The molecule has 4 heteroatoms. The predicted molar refractivity (Wildman–Crippen MR) is 78.1 cm³/mol. The fraction of sp³-hybridized carbons (Fsp3) is 0.667. The molecule has 0 saturated heterocycles. The number of anilines is 1. The minimum Gasteiger partial charge on any atom is -0.397 e. The maximum Gasteiger partial charge on any atom is 0.267 e. The van der Waals surface area contributed by atoms with E-state index in [1.165, 1.54) is 25.7 Å². The Morgan fingerprint density at radius 3 is 2.79 bits per heavy atom. The maximum absolute atomic E-state index is 12.2. The highest BCUT2D eigenvalue weighted by Crippen LogP contribution is 2.27.